The first-order chi connectivity index (χ1) is 10.3. The van der Waals surface area contributed by atoms with Gasteiger partial charge in [-0.05, 0) is 12.0 Å². The van der Waals surface area contributed by atoms with Crippen LogP contribution in [0.15, 0.2) is 17.1 Å². The van der Waals surface area contributed by atoms with E-state index in [1.54, 1.807) is 0 Å². The Morgan fingerprint density at radius 1 is 1.61 bits per heavy atom. The van der Waals surface area contributed by atoms with Crippen LogP contribution in [-0.4, -0.2) is 71.5 Å². The van der Waals surface area contributed by atoms with Gasteiger partial charge in [0.2, 0.25) is 0 Å². The van der Waals surface area contributed by atoms with E-state index in [1.807, 2.05) is 13.8 Å². The predicted molar refractivity (Wildman–Crippen MR) is 83.8 cm³/mol. The maximum absolute atomic E-state index is 11.8. The predicted octanol–water partition coefficient (Wildman–Crippen LogP) is 0.522. The fourth-order valence-electron chi connectivity index (χ4n) is 1.95. The molecule has 1 aliphatic heterocycles. The Morgan fingerprint density at radius 2 is 2.30 bits per heavy atom. The second kappa shape index (κ2) is 8.92. The van der Waals surface area contributed by atoms with Crippen LogP contribution in [0.2, 0.25) is 0 Å². The van der Waals surface area contributed by atoms with E-state index >= 15 is 0 Å². The van der Waals surface area contributed by atoms with E-state index in [-0.39, 0.29) is 69.1 Å². The third-order valence-corrected chi connectivity index (χ3v) is 3.99. The zero-order valence-corrected chi connectivity index (χ0v) is 16.2. The minimum Gasteiger partial charge on any atom is -0.383 e. The standard InChI is InChI=1S/C12H20N3O6P.Ca/c1-8(2)6-20-22(17,18)21-9-5-11(19-7-9)15-4-3-10(13)14-12(15)16;/h3-4,8-9,11H,5-7H2,1-2H3,(H,17,18)(H2,13,14,16);/t9-,11+;/m0./s1. The summed E-state index contributed by atoms with van der Waals surface area (Å²) in [5, 5.41) is 0. The molecular formula is C12H20CaN3O6P. The Hall–Kier alpha value is 0.00974. The average Bonchev–Trinajstić information content (AvgIpc) is 2.84. The van der Waals surface area contributed by atoms with Gasteiger partial charge in [0.1, 0.15) is 12.0 Å². The molecule has 9 nitrogen and oxygen atoms in total. The van der Waals surface area contributed by atoms with Gasteiger partial charge in [-0.1, -0.05) is 13.8 Å². The van der Waals surface area contributed by atoms with Crippen LogP contribution in [0.4, 0.5) is 5.82 Å². The number of nitrogen functional groups attached to an aromatic ring is 1. The van der Waals surface area contributed by atoms with Crippen molar-refractivity contribution in [3.05, 3.63) is 22.7 Å². The van der Waals surface area contributed by atoms with Crippen molar-refractivity contribution in [3.8, 4) is 0 Å². The number of nitrogens with two attached hydrogens (primary N) is 1. The molecule has 3 N–H and O–H groups in total. The number of hydrogen-bond donors (Lipinski definition) is 2. The van der Waals surface area contributed by atoms with Gasteiger partial charge in [-0.3, -0.25) is 13.6 Å². The number of nitrogens with zero attached hydrogens (tertiary/aromatic N) is 2. The van der Waals surface area contributed by atoms with Gasteiger partial charge in [0, 0.05) is 50.4 Å². The summed E-state index contributed by atoms with van der Waals surface area (Å²) in [6, 6.07) is 1.47. The molecule has 1 aliphatic rings. The number of rotatable bonds is 6. The van der Waals surface area contributed by atoms with Gasteiger partial charge in [0.15, 0.2) is 0 Å². The molecule has 23 heavy (non-hydrogen) atoms. The molecule has 1 aromatic rings. The number of anilines is 1. The molecule has 3 atom stereocenters. The number of phosphoric acid groups is 1. The quantitative estimate of drug-likeness (QED) is 0.546. The minimum atomic E-state index is -4.14. The van der Waals surface area contributed by atoms with Crippen LogP contribution in [0.5, 0.6) is 0 Å². The third-order valence-electron chi connectivity index (χ3n) is 2.95. The normalized spacial score (nSPS) is 23.5. The van der Waals surface area contributed by atoms with Crippen LogP contribution in [0, 0.1) is 5.92 Å². The first-order valence-corrected chi connectivity index (χ1v) is 8.38. The van der Waals surface area contributed by atoms with Crippen LogP contribution >= 0.6 is 7.82 Å². The Morgan fingerprint density at radius 3 is 2.91 bits per heavy atom. The van der Waals surface area contributed by atoms with Crippen molar-refractivity contribution < 1.29 is 23.2 Å². The van der Waals surface area contributed by atoms with Crippen molar-refractivity contribution in [2.75, 3.05) is 18.9 Å². The van der Waals surface area contributed by atoms with E-state index in [9.17, 15) is 14.3 Å². The van der Waals surface area contributed by atoms with Gasteiger partial charge in [0.05, 0.1) is 19.3 Å². The molecule has 0 bridgehead atoms. The van der Waals surface area contributed by atoms with Crippen molar-refractivity contribution in [2.45, 2.75) is 32.6 Å². The summed E-state index contributed by atoms with van der Waals surface area (Å²) in [4.78, 5) is 25.0. The number of hydrogen-bond acceptors (Lipinski definition) is 7. The molecule has 0 aliphatic carbocycles. The summed E-state index contributed by atoms with van der Waals surface area (Å²) in [6.07, 6.45) is 0.445. The van der Waals surface area contributed by atoms with Crippen molar-refractivity contribution >= 4 is 51.4 Å². The van der Waals surface area contributed by atoms with E-state index in [0.717, 1.165) is 0 Å². The molecule has 0 spiro atoms. The Kier molecular flexibility index (Phi) is 8.16. The van der Waals surface area contributed by atoms with Gasteiger partial charge < -0.3 is 15.4 Å². The molecule has 126 valence electrons. The molecular weight excluding hydrogens is 353 g/mol. The van der Waals surface area contributed by atoms with Crippen LogP contribution in [0.1, 0.15) is 26.5 Å². The first kappa shape index (κ1) is 21.1. The van der Waals surface area contributed by atoms with E-state index in [1.165, 1.54) is 16.8 Å². The van der Waals surface area contributed by atoms with E-state index in [2.05, 4.69) is 4.98 Å². The third kappa shape index (κ3) is 6.43. The molecule has 1 fully saturated rings. The van der Waals surface area contributed by atoms with Gasteiger partial charge in [-0.15, -0.1) is 0 Å². The summed E-state index contributed by atoms with van der Waals surface area (Å²) in [7, 11) is -4.14. The molecule has 1 aromatic heterocycles. The summed E-state index contributed by atoms with van der Waals surface area (Å²) in [5.41, 5.74) is 4.87. The number of phosphoric ester groups is 1. The molecule has 0 saturated carbocycles. The van der Waals surface area contributed by atoms with E-state index in [0.29, 0.717) is 0 Å². The van der Waals surface area contributed by atoms with Crippen molar-refractivity contribution in [1.29, 1.82) is 0 Å². The second-order valence-electron chi connectivity index (χ2n) is 5.45. The zero-order chi connectivity index (χ0) is 16.3. The summed E-state index contributed by atoms with van der Waals surface area (Å²) >= 11 is 0. The maximum Gasteiger partial charge on any atom is 0.472 e. The Balaban J connectivity index is 0.00000264. The van der Waals surface area contributed by atoms with Gasteiger partial charge in [0.25, 0.3) is 0 Å². The molecule has 11 heteroatoms. The monoisotopic (exact) mass is 373 g/mol. The van der Waals surface area contributed by atoms with Crippen molar-refractivity contribution in [2.24, 2.45) is 5.92 Å². The van der Waals surface area contributed by atoms with Crippen LogP contribution in [-0.2, 0) is 18.3 Å². The van der Waals surface area contributed by atoms with E-state index < -0.39 is 25.8 Å². The average molecular weight is 373 g/mol. The summed E-state index contributed by atoms with van der Waals surface area (Å²) in [5.74, 6) is 0.227. The van der Waals surface area contributed by atoms with Gasteiger partial charge in [-0.25, -0.2) is 9.36 Å². The maximum atomic E-state index is 11.8. The van der Waals surface area contributed by atoms with Crippen LogP contribution in [0.25, 0.3) is 0 Å². The SMILES string of the molecule is CC(C)COP(=O)(O)O[C@@H]1CO[C@@H](n2ccc(N)nc2=O)C1.[Ca]. The Bertz CT molecular complexity index is 625. The van der Waals surface area contributed by atoms with Gasteiger partial charge >= 0.3 is 13.5 Å². The summed E-state index contributed by atoms with van der Waals surface area (Å²) in [6.45, 7) is 3.91. The van der Waals surface area contributed by atoms with Crippen molar-refractivity contribution in [1.82, 2.24) is 9.55 Å². The fourth-order valence-corrected chi connectivity index (χ4v) is 3.02. The minimum absolute atomic E-state index is 0. The smallest absolute Gasteiger partial charge is 0.383 e. The second-order valence-corrected chi connectivity index (χ2v) is 6.86. The molecule has 1 unspecified atom stereocenters. The molecule has 0 aromatic carbocycles. The first-order valence-electron chi connectivity index (χ1n) is 6.89. The molecule has 2 rings (SSSR count). The molecule has 2 radical (unpaired) electrons. The summed E-state index contributed by atoms with van der Waals surface area (Å²) < 4.78 is 28.4. The largest absolute Gasteiger partial charge is 0.472 e. The molecule has 0 amide bonds. The number of aromatic nitrogens is 2. The molecule has 2 heterocycles. The number of ether oxygens (including phenoxy) is 1. The Labute approximate surface area is 163 Å². The van der Waals surface area contributed by atoms with Crippen LogP contribution < -0.4 is 11.4 Å². The van der Waals surface area contributed by atoms with E-state index in [4.69, 9.17) is 19.5 Å². The van der Waals surface area contributed by atoms with Crippen molar-refractivity contribution in [3.63, 3.8) is 0 Å². The zero-order valence-electron chi connectivity index (χ0n) is 13.1. The van der Waals surface area contributed by atoms with Gasteiger partial charge in [-0.2, -0.15) is 4.98 Å². The van der Waals surface area contributed by atoms with Crippen LogP contribution in [0.3, 0.4) is 0 Å². The topological polar surface area (TPSA) is 126 Å². The fraction of sp³-hybridized carbons (Fsp3) is 0.667. The molecule has 1 saturated heterocycles.